The van der Waals surface area contributed by atoms with Crippen molar-refractivity contribution in [3.8, 4) is 0 Å². The number of nitrogens with one attached hydrogen (secondary N) is 1. The molecule has 0 radical (unpaired) electrons. The molecule has 0 spiro atoms. The first-order chi connectivity index (χ1) is 26.0. The van der Waals surface area contributed by atoms with E-state index in [0.717, 1.165) is 51.4 Å². The third-order valence-electron chi connectivity index (χ3n) is 9.49. The molecule has 0 bridgehead atoms. The number of amides is 1. The summed E-state index contributed by atoms with van der Waals surface area (Å²) < 4.78 is 23.1. The first-order valence-corrected chi connectivity index (χ1v) is 23.5. The molecule has 0 saturated heterocycles. The Balaban J connectivity index is 4.45. The van der Waals surface area contributed by atoms with Crippen molar-refractivity contribution >= 4 is 13.7 Å². The molecular weight excluding hydrogens is 695 g/mol. The highest BCUT2D eigenvalue weighted by Gasteiger charge is 2.23. The van der Waals surface area contributed by atoms with Crippen molar-refractivity contribution < 1.29 is 32.9 Å². The third kappa shape index (κ3) is 38.7. The Hall–Kier alpha value is -1.54. The number of carbonyl (C=O) groups is 1. The molecule has 0 aliphatic rings. The van der Waals surface area contributed by atoms with Crippen LogP contribution < -0.4 is 10.2 Å². The SMILES string of the molecule is CCCCC/C=C/CC/C=C/CC/C=C/C(O)C(COP(=O)([O-])OCC[N+](C)(C)C)NC(=O)CCCCCCCCC/C=C\CCCCCCCCCC. The van der Waals surface area contributed by atoms with E-state index < -0.39 is 26.6 Å². The number of likely N-dealkylation sites (N-methyl/N-ethyl adjacent to an activating group) is 1. The monoisotopic (exact) mass is 781 g/mol. The van der Waals surface area contributed by atoms with Gasteiger partial charge >= 0.3 is 0 Å². The molecule has 0 aliphatic heterocycles. The fraction of sp³-hybridized carbons (Fsp3) is 0.800. The third-order valence-corrected chi connectivity index (χ3v) is 10.5. The van der Waals surface area contributed by atoms with Crippen molar-refractivity contribution in [1.82, 2.24) is 5.32 Å². The van der Waals surface area contributed by atoms with Gasteiger partial charge in [-0.1, -0.05) is 152 Å². The van der Waals surface area contributed by atoms with E-state index >= 15 is 0 Å². The maximum atomic E-state index is 12.8. The van der Waals surface area contributed by atoms with Crippen LogP contribution in [0.3, 0.4) is 0 Å². The minimum atomic E-state index is -4.60. The topological polar surface area (TPSA) is 108 Å². The Morgan fingerprint density at radius 3 is 1.54 bits per heavy atom. The van der Waals surface area contributed by atoms with Crippen LogP contribution in [-0.2, 0) is 18.4 Å². The number of hydrogen-bond donors (Lipinski definition) is 2. The fourth-order valence-corrected chi connectivity index (χ4v) is 6.66. The first-order valence-electron chi connectivity index (χ1n) is 22.0. The number of aliphatic hydroxyl groups excluding tert-OH is 1. The van der Waals surface area contributed by atoms with Gasteiger partial charge < -0.3 is 28.8 Å². The lowest BCUT2D eigenvalue weighted by Gasteiger charge is -2.29. The Morgan fingerprint density at radius 1 is 0.630 bits per heavy atom. The molecule has 9 heteroatoms. The van der Waals surface area contributed by atoms with Gasteiger partial charge in [0.2, 0.25) is 5.91 Å². The number of nitrogens with zero attached hydrogens (tertiary/aromatic N) is 1. The summed E-state index contributed by atoms with van der Waals surface area (Å²) in [5, 5.41) is 13.7. The second kappa shape index (κ2) is 37.1. The summed E-state index contributed by atoms with van der Waals surface area (Å²) in [7, 11) is 1.23. The van der Waals surface area contributed by atoms with Gasteiger partial charge in [-0.2, -0.15) is 0 Å². The molecule has 0 aromatic heterocycles. The minimum absolute atomic E-state index is 0.0109. The van der Waals surface area contributed by atoms with E-state index in [-0.39, 0.29) is 12.5 Å². The summed E-state index contributed by atoms with van der Waals surface area (Å²) in [6.07, 6.45) is 45.9. The van der Waals surface area contributed by atoms with E-state index in [4.69, 9.17) is 9.05 Å². The normalized spacial score (nSPS) is 14.9. The second-order valence-electron chi connectivity index (χ2n) is 16.0. The van der Waals surface area contributed by atoms with Gasteiger partial charge in [0.1, 0.15) is 13.2 Å². The van der Waals surface area contributed by atoms with Gasteiger partial charge in [0.05, 0.1) is 39.9 Å². The van der Waals surface area contributed by atoms with Gasteiger partial charge in [0.25, 0.3) is 7.82 Å². The van der Waals surface area contributed by atoms with Crippen LogP contribution in [0.5, 0.6) is 0 Å². The molecule has 0 saturated carbocycles. The number of rotatable bonds is 39. The molecule has 0 aromatic carbocycles. The zero-order chi connectivity index (χ0) is 40.0. The number of unbranched alkanes of at least 4 members (excludes halogenated alkanes) is 20. The van der Waals surface area contributed by atoms with Crippen molar-refractivity contribution in [2.45, 2.75) is 193 Å². The van der Waals surface area contributed by atoms with E-state index in [9.17, 15) is 19.4 Å². The van der Waals surface area contributed by atoms with Crippen molar-refractivity contribution in [3.05, 3.63) is 48.6 Å². The summed E-state index contributed by atoms with van der Waals surface area (Å²) in [5.41, 5.74) is 0. The standard InChI is InChI=1S/C45H85N2O6P/c1-6-8-10-12-14-16-18-20-21-22-23-24-25-27-29-31-33-35-37-39-45(49)46-43(42-53-54(50,51)52-41-40-47(3,4)5)44(48)38-36-34-32-30-28-26-19-17-15-13-11-9-7-2/h15,17,22-23,28,30,36,38,43-44,48H,6-14,16,18-21,24-27,29,31-35,37,39-42H2,1-5H3,(H-,46,49,50,51)/b17-15+,23-22-,30-28+,38-36+. The number of carbonyl (C=O) groups excluding carboxylic acids is 1. The van der Waals surface area contributed by atoms with Crippen LogP contribution in [-0.4, -0.2) is 68.5 Å². The summed E-state index contributed by atoms with van der Waals surface area (Å²) in [6, 6.07) is -0.910. The molecule has 2 N–H and O–H groups in total. The van der Waals surface area contributed by atoms with E-state index in [1.165, 1.54) is 109 Å². The molecule has 3 unspecified atom stereocenters. The maximum Gasteiger partial charge on any atom is 0.268 e. The van der Waals surface area contributed by atoms with Gasteiger partial charge in [-0.15, -0.1) is 0 Å². The molecule has 0 rings (SSSR count). The Bertz CT molecular complexity index is 1020. The Kier molecular flexibility index (Phi) is 36.0. The molecule has 1 amide bonds. The number of quaternary nitrogens is 1. The average molecular weight is 781 g/mol. The van der Waals surface area contributed by atoms with E-state index in [2.05, 4.69) is 55.6 Å². The van der Waals surface area contributed by atoms with Crippen molar-refractivity contribution in [2.75, 3.05) is 40.9 Å². The zero-order valence-corrected chi connectivity index (χ0v) is 36.6. The molecular formula is C45H85N2O6P. The minimum Gasteiger partial charge on any atom is -0.756 e. The molecule has 8 nitrogen and oxygen atoms in total. The largest absolute Gasteiger partial charge is 0.756 e. The van der Waals surface area contributed by atoms with Crippen molar-refractivity contribution in [2.24, 2.45) is 0 Å². The highest BCUT2D eigenvalue weighted by atomic mass is 31.2. The smallest absolute Gasteiger partial charge is 0.268 e. The molecule has 0 aliphatic carbocycles. The number of phosphoric ester groups is 1. The van der Waals surface area contributed by atoms with Gasteiger partial charge in [-0.05, 0) is 70.6 Å². The Labute approximate surface area is 333 Å². The fourth-order valence-electron chi connectivity index (χ4n) is 5.94. The van der Waals surface area contributed by atoms with Gasteiger partial charge in [0.15, 0.2) is 0 Å². The summed E-state index contributed by atoms with van der Waals surface area (Å²) in [6.45, 7) is 4.57. The van der Waals surface area contributed by atoms with E-state index in [1.54, 1.807) is 6.08 Å². The lowest BCUT2D eigenvalue weighted by Crippen LogP contribution is -2.45. The second-order valence-corrected chi connectivity index (χ2v) is 17.4. The molecule has 0 heterocycles. The lowest BCUT2D eigenvalue weighted by atomic mass is 10.1. The molecule has 3 atom stereocenters. The van der Waals surface area contributed by atoms with Crippen molar-refractivity contribution in [3.63, 3.8) is 0 Å². The molecule has 54 heavy (non-hydrogen) atoms. The van der Waals surface area contributed by atoms with Crippen LogP contribution in [0.2, 0.25) is 0 Å². The predicted molar refractivity (Wildman–Crippen MR) is 228 cm³/mol. The molecule has 0 fully saturated rings. The van der Waals surface area contributed by atoms with Crippen LogP contribution in [0, 0.1) is 0 Å². The number of hydrogen-bond acceptors (Lipinski definition) is 6. The summed E-state index contributed by atoms with van der Waals surface area (Å²) in [5.74, 6) is -0.219. The van der Waals surface area contributed by atoms with Crippen LogP contribution in [0.4, 0.5) is 0 Å². The highest BCUT2D eigenvalue weighted by molar-refractivity contribution is 7.45. The summed E-state index contributed by atoms with van der Waals surface area (Å²) in [4.78, 5) is 25.3. The number of aliphatic hydroxyl groups is 1. The Morgan fingerprint density at radius 2 is 1.04 bits per heavy atom. The number of allylic oxidation sites excluding steroid dienone is 7. The predicted octanol–water partition coefficient (Wildman–Crippen LogP) is 11.4. The average Bonchev–Trinajstić information content (AvgIpc) is 3.12. The van der Waals surface area contributed by atoms with Crippen LogP contribution in [0.25, 0.3) is 0 Å². The molecule has 316 valence electrons. The maximum absolute atomic E-state index is 12.8. The number of phosphoric acid groups is 1. The van der Waals surface area contributed by atoms with Crippen molar-refractivity contribution in [1.29, 1.82) is 0 Å². The van der Waals surface area contributed by atoms with Crippen LogP contribution >= 0.6 is 7.82 Å². The van der Waals surface area contributed by atoms with Crippen LogP contribution in [0.1, 0.15) is 181 Å². The lowest BCUT2D eigenvalue weighted by molar-refractivity contribution is -0.870. The quantitative estimate of drug-likeness (QED) is 0.0278. The van der Waals surface area contributed by atoms with E-state index in [1.807, 2.05) is 27.2 Å². The van der Waals surface area contributed by atoms with Gasteiger partial charge in [-0.25, -0.2) is 0 Å². The highest BCUT2D eigenvalue weighted by Crippen LogP contribution is 2.38. The zero-order valence-electron chi connectivity index (χ0n) is 35.7. The summed E-state index contributed by atoms with van der Waals surface area (Å²) >= 11 is 0. The first kappa shape index (κ1) is 52.5. The molecule has 0 aromatic rings. The van der Waals surface area contributed by atoms with E-state index in [0.29, 0.717) is 17.4 Å². The van der Waals surface area contributed by atoms with Gasteiger partial charge in [0, 0.05) is 6.42 Å². The van der Waals surface area contributed by atoms with Gasteiger partial charge in [-0.3, -0.25) is 9.36 Å². The van der Waals surface area contributed by atoms with Crippen LogP contribution in [0.15, 0.2) is 48.6 Å².